The van der Waals surface area contributed by atoms with Crippen molar-refractivity contribution in [3.8, 4) is 34.0 Å². The number of halogens is 1. The highest BCUT2D eigenvalue weighted by Gasteiger charge is 2.39. The van der Waals surface area contributed by atoms with Crippen molar-refractivity contribution in [2.24, 2.45) is 5.92 Å². The number of aryl methyl sites for hydroxylation is 1. The van der Waals surface area contributed by atoms with Gasteiger partial charge in [-0.25, -0.2) is 0 Å². The number of hydrogen-bond acceptors (Lipinski definition) is 5. The summed E-state index contributed by atoms with van der Waals surface area (Å²) in [6.45, 7) is 3.80. The highest BCUT2D eigenvalue weighted by molar-refractivity contribution is 5.85. The Balaban J connectivity index is 0.00000253. The molecule has 1 saturated carbocycles. The summed E-state index contributed by atoms with van der Waals surface area (Å²) < 4.78 is 5.62. The Morgan fingerprint density at radius 1 is 0.943 bits per heavy atom. The molecule has 6 rings (SSSR count). The van der Waals surface area contributed by atoms with Gasteiger partial charge in [0.25, 0.3) is 5.89 Å². The van der Waals surface area contributed by atoms with Crippen LogP contribution >= 0.6 is 12.4 Å². The van der Waals surface area contributed by atoms with Crippen LogP contribution in [0.15, 0.2) is 71.3 Å². The second-order valence-electron chi connectivity index (χ2n) is 9.37. The normalized spacial score (nSPS) is 19.0. The van der Waals surface area contributed by atoms with Crippen LogP contribution in [-0.2, 0) is 17.9 Å². The van der Waals surface area contributed by atoms with Crippen LogP contribution in [0.5, 0.6) is 0 Å². The lowest BCUT2D eigenvalue weighted by Gasteiger charge is -2.39. The molecule has 178 valence electrons. The molecular formula is C28H26ClN3O3. The Bertz CT molecular complexity index is 1380. The molecule has 0 radical (unpaired) electrons. The molecule has 0 unspecified atom stereocenters. The number of carboxylic acid groups (broad SMARTS) is 1. The van der Waals surface area contributed by atoms with Crippen LogP contribution in [0.2, 0.25) is 0 Å². The number of hydrogen-bond donors (Lipinski definition) is 1. The van der Waals surface area contributed by atoms with Crippen LogP contribution in [0.4, 0.5) is 0 Å². The number of benzene rings is 3. The zero-order chi connectivity index (χ0) is 23.2. The zero-order valence-corrected chi connectivity index (χ0v) is 20.2. The standard InChI is InChI=1S/C28H25N3O3.ClH/c1-17-11-20(9-10-25(17)18-5-3-2-4-6-18)27-29-26(30-34-27)19-7-8-21-15-31(16-23(21)12-19)24-13-22(14-24)28(32)33;/h2-12,22,24H,13-16H2,1H3,(H,32,33);1H. The predicted octanol–water partition coefficient (Wildman–Crippen LogP) is 5.98. The second-order valence-corrected chi connectivity index (χ2v) is 9.37. The Labute approximate surface area is 210 Å². The average Bonchev–Trinajstić information content (AvgIpc) is 3.45. The monoisotopic (exact) mass is 487 g/mol. The lowest BCUT2D eigenvalue weighted by atomic mass is 9.79. The molecule has 4 aromatic rings. The van der Waals surface area contributed by atoms with Gasteiger partial charge in [-0.1, -0.05) is 53.7 Å². The molecule has 1 fully saturated rings. The first-order valence-corrected chi connectivity index (χ1v) is 11.6. The van der Waals surface area contributed by atoms with Gasteiger partial charge in [-0.15, -0.1) is 12.4 Å². The Kier molecular flexibility index (Phi) is 6.17. The van der Waals surface area contributed by atoms with E-state index in [4.69, 9.17) is 9.63 Å². The highest BCUT2D eigenvalue weighted by atomic mass is 35.5. The summed E-state index contributed by atoms with van der Waals surface area (Å²) in [5.74, 6) is 0.227. The van der Waals surface area contributed by atoms with E-state index in [2.05, 4.69) is 58.4 Å². The lowest BCUT2D eigenvalue weighted by Crippen LogP contribution is -2.44. The maximum Gasteiger partial charge on any atom is 0.306 e. The van der Waals surface area contributed by atoms with Crippen molar-refractivity contribution in [2.45, 2.75) is 38.9 Å². The Morgan fingerprint density at radius 3 is 2.43 bits per heavy atom. The topological polar surface area (TPSA) is 79.5 Å². The summed E-state index contributed by atoms with van der Waals surface area (Å²) in [6, 6.07) is 23.2. The number of fused-ring (bicyclic) bond motifs is 1. The number of aromatic nitrogens is 2. The van der Waals surface area contributed by atoms with Crippen LogP contribution in [0, 0.1) is 12.8 Å². The van der Waals surface area contributed by atoms with E-state index in [9.17, 15) is 4.79 Å². The van der Waals surface area contributed by atoms with Crippen LogP contribution in [0.25, 0.3) is 34.0 Å². The number of carbonyl (C=O) groups is 1. The molecule has 2 aliphatic rings. The quantitative estimate of drug-likeness (QED) is 0.373. The molecule has 0 amide bonds. The van der Waals surface area contributed by atoms with Gasteiger partial charge >= 0.3 is 5.97 Å². The molecule has 1 aliphatic heterocycles. The van der Waals surface area contributed by atoms with E-state index in [-0.39, 0.29) is 18.3 Å². The average molecular weight is 488 g/mol. The minimum absolute atomic E-state index is 0. The molecule has 1 aliphatic carbocycles. The molecule has 0 saturated heterocycles. The lowest BCUT2D eigenvalue weighted by molar-refractivity contribution is -0.147. The van der Waals surface area contributed by atoms with Crippen molar-refractivity contribution in [2.75, 3.05) is 0 Å². The summed E-state index contributed by atoms with van der Waals surface area (Å²) in [4.78, 5) is 18.2. The minimum atomic E-state index is -0.673. The van der Waals surface area contributed by atoms with Crippen LogP contribution in [0.3, 0.4) is 0 Å². The van der Waals surface area contributed by atoms with Crippen molar-refractivity contribution in [1.29, 1.82) is 0 Å². The zero-order valence-electron chi connectivity index (χ0n) is 19.3. The first kappa shape index (κ1) is 23.3. The third-order valence-electron chi connectivity index (χ3n) is 7.17. The SMILES string of the molecule is Cc1cc(-c2nc(-c3ccc4c(c3)CN(C3CC(C(=O)O)C3)C4)no2)ccc1-c1ccccc1.Cl. The molecule has 35 heavy (non-hydrogen) atoms. The van der Waals surface area contributed by atoms with Gasteiger partial charge in [-0.05, 0) is 65.8 Å². The molecule has 0 bridgehead atoms. The Morgan fingerprint density at radius 2 is 1.69 bits per heavy atom. The summed E-state index contributed by atoms with van der Waals surface area (Å²) in [5, 5.41) is 13.4. The maximum absolute atomic E-state index is 11.1. The fraction of sp³-hybridized carbons (Fsp3) is 0.250. The van der Waals surface area contributed by atoms with Gasteiger partial charge in [0.1, 0.15) is 0 Å². The number of nitrogens with zero attached hydrogens (tertiary/aromatic N) is 3. The van der Waals surface area contributed by atoms with Gasteiger partial charge in [-0.2, -0.15) is 4.98 Å². The summed E-state index contributed by atoms with van der Waals surface area (Å²) in [5.41, 5.74) is 7.91. The van der Waals surface area contributed by atoms with E-state index in [0.717, 1.165) is 42.6 Å². The molecule has 0 atom stereocenters. The summed E-state index contributed by atoms with van der Waals surface area (Å²) in [6.07, 6.45) is 1.49. The van der Waals surface area contributed by atoms with Crippen molar-refractivity contribution in [3.05, 3.63) is 83.4 Å². The first-order chi connectivity index (χ1) is 16.5. The molecule has 3 aromatic carbocycles. The Hall–Kier alpha value is -3.48. The van der Waals surface area contributed by atoms with Gasteiger partial charge < -0.3 is 9.63 Å². The van der Waals surface area contributed by atoms with Crippen molar-refractivity contribution in [3.63, 3.8) is 0 Å². The van der Waals surface area contributed by atoms with E-state index in [0.29, 0.717) is 17.8 Å². The van der Waals surface area contributed by atoms with Gasteiger partial charge in [-0.3, -0.25) is 9.69 Å². The number of aliphatic carboxylic acids is 1. The first-order valence-electron chi connectivity index (χ1n) is 11.6. The van der Waals surface area contributed by atoms with Gasteiger partial charge in [0.15, 0.2) is 0 Å². The fourth-order valence-electron chi connectivity index (χ4n) is 5.10. The van der Waals surface area contributed by atoms with Gasteiger partial charge in [0.2, 0.25) is 5.82 Å². The molecule has 2 heterocycles. The molecule has 1 aromatic heterocycles. The highest BCUT2D eigenvalue weighted by Crippen LogP contribution is 2.38. The summed E-state index contributed by atoms with van der Waals surface area (Å²) >= 11 is 0. The minimum Gasteiger partial charge on any atom is -0.481 e. The third kappa shape index (κ3) is 4.35. The van der Waals surface area contributed by atoms with Gasteiger partial charge in [0, 0.05) is 30.3 Å². The fourth-order valence-corrected chi connectivity index (χ4v) is 5.10. The largest absolute Gasteiger partial charge is 0.481 e. The van der Waals surface area contributed by atoms with Crippen LogP contribution in [-0.4, -0.2) is 32.2 Å². The van der Waals surface area contributed by atoms with Crippen LogP contribution in [0.1, 0.15) is 29.5 Å². The van der Waals surface area contributed by atoms with Gasteiger partial charge in [0.05, 0.1) is 5.92 Å². The maximum atomic E-state index is 11.1. The van der Waals surface area contributed by atoms with E-state index in [1.807, 2.05) is 30.3 Å². The molecule has 1 N–H and O–H groups in total. The number of carboxylic acids is 1. The van der Waals surface area contributed by atoms with E-state index in [1.165, 1.54) is 22.3 Å². The molecule has 0 spiro atoms. The van der Waals surface area contributed by atoms with E-state index in [1.54, 1.807) is 0 Å². The third-order valence-corrected chi connectivity index (χ3v) is 7.17. The second kappa shape index (κ2) is 9.29. The van der Waals surface area contributed by atoms with Crippen molar-refractivity contribution < 1.29 is 14.4 Å². The van der Waals surface area contributed by atoms with E-state index < -0.39 is 5.97 Å². The van der Waals surface area contributed by atoms with Crippen molar-refractivity contribution >= 4 is 18.4 Å². The molecule has 6 nitrogen and oxygen atoms in total. The smallest absolute Gasteiger partial charge is 0.306 e. The van der Waals surface area contributed by atoms with Crippen LogP contribution < -0.4 is 0 Å². The summed E-state index contributed by atoms with van der Waals surface area (Å²) in [7, 11) is 0. The molecule has 7 heteroatoms. The van der Waals surface area contributed by atoms with Crippen molar-refractivity contribution in [1.82, 2.24) is 15.0 Å². The molecular weight excluding hydrogens is 462 g/mol. The van der Waals surface area contributed by atoms with E-state index >= 15 is 0 Å². The predicted molar refractivity (Wildman–Crippen MR) is 136 cm³/mol. The number of rotatable bonds is 5.